The molecule has 106 valence electrons. The number of rotatable bonds is 5. The van der Waals surface area contributed by atoms with Gasteiger partial charge in [-0.1, -0.05) is 6.07 Å². The van der Waals surface area contributed by atoms with Gasteiger partial charge in [-0.15, -0.1) is 0 Å². The minimum absolute atomic E-state index is 0.226. The molecular weight excluding hydrogens is 255 g/mol. The molecule has 2 aromatic carbocycles. The van der Waals surface area contributed by atoms with Gasteiger partial charge in [0.25, 0.3) is 0 Å². The molecule has 0 bridgehead atoms. The number of halogens is 1. The van der Waals surface area contributed by atoms with E-state index in [4.69, 9.17) is 4.74 Å². The molecule has 0 unspecified atom stereocenters. The van der Waals surface area contributed by atoms with E-state index in [1.807, 2.05) is 49.3 Å². The maximum atomic E-state index is 14.2. The van der Waals surface area contributed by atoms with Crippen molar-refractivity contribution in [2.75, 3.05) is 26.1 Å². The van der Waals surface area contributed by atoms with E-state index in [9.17, 15) is 4.39 Å². The van der Waals surface area contributed by atoms with Gasteiger partial charge < -0.3 is 15.0 Å². The highest BCUT2D eigenvalue weighted by molar-refractivity contribution is 5.63. The number of nitrogens with zero attached hydrogens (tertiary/aromatic N) is 1. The molecule has 0 aliphatic heterocycles. The Morgan fingerprint density at radius 1 is 1.15 bits per heavy atom. The summed E-state index contributed by atoms with van der Waals surface area (Å²) in [5, 5.41) is 3.01. The van der Waals surface area contributed by atoms with Gasteiger partial charge in [0.15, 0.2) is 0 Å². The average Bonchev–Trinajstić information content (AvgIpc) is 2.47. The fraction of sp³-hybridized carbons (Fsp3) is 0.250. The fourth-order valence-electron chi connectivity index (χ4n) is 2.08. The summed E-state index contributed by atoms with van der Waals surface area (Å²) >= 11 is 0. The fourth-order valence-corrected chi connectivity index (χ4v) is 2.08. The minimum atomic E-state index is -0.226. The molecule has 0 saturated heterocycles. The number of benzene rings is 2. The van der Waals surface area contributed by atoms with Crippen molar-refractivity contribution in [1.82, 2.24) is 5.32 Å². The van der Waals surface area contributed by atoms with E-state index in [1.165, 1.54) is 0 Å². The third-order valence-electron chi connectivity index (χ3n) is 3.21. The molecule has 0 spiro atoms. The van der Waals surface area contributed by atoms with E-state index in [0.29, 0.717) is 12.2 Å². The molecule has 0 saturated carbocycles. The third-order valence-corrected chi connectivity index (χ3v) is 3.21. The van der Waals surface area contributed by atoms with Crippen LogP contribution in [-0.4, -0.2) is 21.2 Å². The Balaban J connectivity index is 2.25. The van der Waals surface area contributed by atoms with Gasteiger partial charge in [0.1, 0.15) is 11.6 Å². The monoisotopic (exact) mass is 274 g/mol. The first kappa shape index (κ1) is 14.3. The molecule has 4 heteroatoms. The van der Waals surface area contributed by atoms with Gasteiger partial charge in [0.05, 0.1) is 12.8 Å². The molecule has 0 radical (unpaired) electrons. The lowest BCUT2D eigenvalue weighted by Crippen LogP contribution is -2.12. The second-order valence-corrected chi connectivity index (χ2v) is 4.57. The second kappa shape index (κ2) is 6.39. The third kappa shape index (κ3) is 3.08. The molecule has 3 nitrogen and oxygen atoms in total. The molecule has 0 fully saturated rings. The predicted octanol–water partition coefficient (Wildman–Crippen LogP) is 3.32. The molecule has 1 N–H and O–H groups in total. The zero-order chi connectivity index (χ0) is 14.5. The number of hydrogen-bond acceptors (Lipinski definition) is 3. The highest BCUT2D eigenvalue weighted by Crippen LogP contribution is 2.28. The summed E-state index contributed by atoms with van der Waals surface area (Å²) in [5.41, 5.74) is 2.39. The van der Waals surface area contributed by atoms with E-state index in [1.54, 1.807) is 19.2 Å². The van der Waals surface area contributed by atoms with Crippen LogP contribution in [0.4, 0.5) is 15.8 Å². The number of ether oxygens (including phenoxy) is 1. The predicted molar refractivity (Wildman–Crippen MR) is 80.2 cm³/mol. The Kier molecular flexibility index (Phi) is 4.58. The molecule has 0 amide bonds. The van der Waals surface area contributed by atoms with E-state index < -0.39 is 0 Å². The molecule has 20 heavy (non-hydrogen) atoms. The molecule has 0 aromatic heterocycles. The van der Waals surface area contributed by atoms with Crippen LogP contribution >= 0.6 is 0 Å². The lowest BCUT2D eigenvalue weighted by Gasteiger charge is -2.21. The first-order chi connectivity index (χ1) is 9.65. The summed E-state index contributed by atoms with van der Waals surface area (Å²) in [6.07, 6.45) is 0. The van der Waals surface area contributed by atoms with Crippen LogP contribution in [0.5, 0.6) is 5.75 Å². The van der Waals surface area contributed by atoms with Crippen LogP contribution < -0.4 is 15.0 Å². The average molecular weight is 274 g/mol. The Bertz CT molecular complexity index is 569. The summed E-state index contributed by atoms with van der Waals surface area (Å²) in [7, 11) is 5.31. The van der Waals surface area contributed by atoms with Crippen molar-refractivity contribution in [2.45, 2.75) is 6.54 Å². The molecule has 0 atom stereocenters. The van der Waals surface area contributed by atoms with Gasteiger partial charge in [0, 0.05) is 19.3 Å². The molecule has 2 rings (SSSR count). The van der Waals surface area contributed by atoms with Gasteiger partial charge in [-0.3, -0.25) is 0 Å². The lowest BCUT2D eigenvalue weighted by atomic mass is 10.1. The SMILES string of the molecule is CNCc1ccc(N(C)c2ccc(OC)cc2)c(F)c1. The summed E-state index contributed by atoms with van der Waals surface area (Å²) in [6.45, 7) is 0.656. The van der Waals surface area contributed by atoms with Crippen molar-refractivity contribution in [1.29, 1.82) is 0 Å². The van der Waals surface area contributed by atoms with Gasteiger partial charge in [-0.2, -0.15) is 0 Å². The minimum Gasteiger partial charge on any atom is -0.497 e. The number of methoxy groups -OCH3 is 1. The highest BCUT2D eigenvalue weighted by Gasteiger charge is 2.10. The van der Waals surface area contributed by atoms with E-state index in [2.05, 4.69) is 5.32 Å². The topological polar surface area (TPSA) is 24.5 Å². The molecule has 0 aliphatic carbocycles. The van der Waals surface area contributed by atoms with Crippen molar-refractivity contribution in [3.8, 4) is 5.75 Å². The quantitative estimate of drug-likeness (QED) is 0.905. The summed E-state index contributed by atoms with van der Waals surface area (Å²) in [6, 6.07) is 12.8. The smallest absolute Gasteiger partial charge is 0.147 e. The number of nitrogens with one attached hydrogen (secondary N) is 1. The highest BCUT2D eigenvalue weighted by atomic mass is 19.1. The standard InChI is InChI=1S/C16H19FN2O/c1-18-11-12-4-9-16(15(17)10-12)19(2)13-5-7-14(20-3)8-6-13/h4-10,18H,11H2,1-3H3. The van der Waals surface area contributed by atoms with Crippen molar-refractivity contribution in [3.63, 3.8) is 0 Å². The Hall–Kier alpha value is -2.07. The van der Waals surface area contributed by atoms with E-state index in [0.717, 1.165) is 17.0 Å². The Morgan fingerprint density at radius 2 is 1.85 bits per heavy atom. The van der Waals surface area contributed by atoms with Crippen molar-refractivity contribution in [3.05, 3.63) is 53.8 Å². The largest absolute Gasteiger partial charge is 0.497 e. The van der Waals surface area contributed by atoms with E-state index >= 15 is 0 Å². The van der Waals surface area contributed by atoms with Gasteiger partial charge >= 0.3 is 0 Å². The zero-order valence-corrected chi connectivity index (χ0v) is 12.0. The first-order valence-electron chi connectivity index (χ1n) is 6.46. The lowest BCUT2D eigenvalue weighted by molar-refractivity contribution is 0.415. The van der Waals surface area contributed by atoms with Gasteiger partial charge in [-0.05, 0) is 49.0 Å². The Morgan fingerprint density at radius 3 is 2.40 bits per heavy atom. The second-order valence-electron chi connectivity index (χ2n) is 4.57. The van der Waals surface area contributed by atoms with Crippen LogP contribution in [0.1, 0.15) is 5.56 Å². The van der Waals surface area contributed by atoms with Gasteiger partial charge in [-0.25, -0.2) is 4.39 Å². The van der Waals surface area contributed by atoms with Crippen LogP contribution in [0.3, 0.4) is 0 Å². The first-order valence-corrected chi connectivity index (χ1v) is 6.46. The molecule has 2 aromatic rings. The van der Waals surface area contributed by atoms with Crippen LogP contribution in [0.15, 0.2) is 42.5 Å². The number of hydrogen-bond donors (Lipinski definition) is 1. The van der Waals surface area contributed by atoms with Crippen molar-refractivity contribution >= 4 is 11.4 Å². The van der Waals surface area contributed by atoms with Crippen LogP contribution in [0.25, 0.3) is 0 Å². The maximum absolute atomic E-state index is 14.2. The Labute approximate surface area is 119 Å². The van der Waals surface area contributed by atoms with Crippen molar-refractivity contribution in [2.24, 2.45) is 0 Å². The van der Waals surface area contributed by atoms with Crippen LogP contribution in [0.2, 0.25) is 0 Å². The van der Waals surface area contributed by atoms with Gasteiger partial charge in [0.2, 0.25) is 0 Å². The summed E-state index contributed by atoms with van der Waals surface area (Å²) < 4.78 is 19.3. The number of anilines is 2. The van der Waals surface area contributed by atoms with Crippen LogP contribution in [0, 0.1) is 5.82 Å². The van der Waals surface area contributed by atoms with E-state index in [-0.39, 0.29) is 5.82 Å². The molecular formula is C16H19FN2O. The van der Waals surface area contributed by atoms with Crippen LogP contribution in [-0.2, 0) is 6.54 Å². The summed E-state index contributed by atoms with van der Waals surface area (Å²) in [5.74, 6) is 0.558. The molecule has 0 aliphatic rings. The summed E-state index contributed by atoms with van der Waals surface area (Å²) in [4.78, 5) is 1.82. The normalized spacial score (nSPS) is 10.4. The van der Waals surface area contributed by atoms with Crippen molar-refractivity contribution < 1.29 is 9.13 Å². The molecule has 0 heterocycles. The zero-order valence-electron chi connectivity index (χ0n) is 12.0. The maximum Gasteiger partial charge on any atom is 0.147 e.